The highest BCUT2D eigenvalue weighted by molar-refractivity contribution is 6.46. The summed E-state index contributed by atoms with van der Waals surface area (Å²) in [6, 6.07) is 18.5. The molecule has 0 aliphatic carbocycles. The number of hydrogen-bond acceptors (Lipinski definition) is 7. The Morgan fingerprint density at radius 1 is 0.811 bits per heavy atom. The number of likely N-dealkylation sites (tertiary alicyclic amines) is 1. The number of ketones is 1. The molecule has 1 fully saturated rings. The van der Waals surface area contributed by atoms with Crippen LogP contribution in [0.3, 0.4) is 0 Å². The van der Waals surface area contributed by atoms with Gasteiger partial charge in [-0.25, -0.2) is 0 Å². The van der Waals surface area contributed by atoms with Gasteiger partial charge in [0.25, 0.3) is 11.7 Å². The van der Waals surface area contributed by atoms with Crippen molar-refractivity contribution in [3.05, 3.63) is 89.0 Å². The Balaban J connectivity index is 1.75. The quantitative estimate of drug-likeness (QED) is 0.263. The lowest BCUT2D eigenvalue weighted by Crippen LogP contribution is -2.31. The minimum absolute atomic E-state index is 0.0238. The molecule has 1 atom stereocenters. The van der Waals surface area contributed by atoms with Crippen LogP contribution < -0.4 is 18.9 Å². The van der Waals surface area contributed by atoms with E-state index >= 15 is 0 Å². The molecule has 3 aromatic carbocycles. The number of ether oxygens (including phenoxy) is 4. The lowest BCUT2D eigenvalue weighted by molar-refractivity contribution is -0.139. The van der Waals surface area contributed by atoms with E-state index in [9.17, 15) is 14.7 Å². The molecule has 3 aromatic rings. The van der Waals surface area contributed by atoms with Gasteiger partial charge in [0.1, 0.15) is 17.3 Å². The Kier molecular flexibility index (Phi) is 7.67. The van der Waals surface area contributed by atoms with Crippen LogP contribution in [0.1, 0.15) is 22.7 Å². The molecule has 8 heteroatoms. The lowest BCUT2D eigenvalue weighted by Gasteiger charge is -2.26. The summed E-state index contributed by atoms with van der Waals surface area (Å²) in [5.41, 5.74) is 1.99. The first-order chi connectivity index (χ1) is 17.9. The number of aliphatic hydroxyl groups is 1. The van der Waals surface area contributed by atoms with Gasteiger partial charge in [0.2, 0.25) is 0 Å². The standard InChI is InChI=1S/C29H29NO7/c1-34-21-11-9-19(10-12-21)27(31)25-26(20-6-5-7-22(17-20)35-2)30(29(33)28(25)32)15-14-18-8-13-23(36-3)24(16-18)37-4/h5-13,16-17,26,31H,14-15H2,1-4H3/t26-/m0/s1. The third-order valence-corrected chi connectivity index (χ3v) is 6.40. The molecule has 37 heavy (non-hydrogen) atoms. The molecule has 1 saturated heterocycles. The van der Waals surface area contributed by atoms with Gasteiger partial charge in [-0.1, -0.05) is 18.2 Å². The van der Waals surface area contributed by atoms with Gasteiger partial charge in [0.05, 0.1) is 40.1 Å². The molecular weight excluding hydrogens is 474 g/mol. The first kappa shape index (κ1) is 25.6. The highest BCUT2D eigenvalue weighted by Gasteiger charge is 2.46. The Morgan fingerprint density at radius 2 is 1.51 bits per heavy atom. The topological polar surface area (TPSA) is 94.5 Å². The first-order valence-corrected chi connectivity index (χ1v) is 11.7. The van der Waals surface area contributed by atoms with Gasteiger partial charge < -0.3 is 29.0 Å². The number of methoxy groups -OCH3 is 4. The van der Waals surface area contributed by atoms with Crippen molar-refractivity contribution < 1.29 is 33.6 Å². The van der Waals surface area contributed by atoms with E-state index in [-0.39, 0.29) is 17.9 Å². The van der Waals surface area contributed by atoms with E-state index in [0.29, 0.717) is 40.5 Å². The van der Waals surface area contributed by atoms with Gasteiger partial charge in [-0.15, -0.1) is 0 Å². The summed E-state index contributed by atoms with van der Waals surface area (Å²) in [6.45, 7) is 0.237. The van der Waals surface area contributed by atoms with Crippen LogP contribution in [0.2, 0.25) is 0 Å². The normalized spacial score (nSPS) is 16.5. The van der Waals surface area contributed by atoms with E-state index in [1.165, 1.54) is 4.90 Å². The predicted octanol–water partition coefficient (Wildman–Crippen LogP) is 4.39. The second-order valence-electron chi connectivity index (χ2n) is 8.44. The first-order valence-electron chi connectivity index (χ1n) is 11.7. The summed E-state index contributed by atoms with van der Waals surface area (Å²) in [5.74, 6) is 0.691. The molecule has 0 aromatic heterocycles. The van der Waals surface area contributed by atoms with Crippen LogP contribution in [0.5, 0.6) is 23.0 Å². The molecule has 0 saturated carbocycles. The smallest absolute Gasteiger partial charge is 0.295 e. The summed E-state index contributed by atoms with van der Waals surface area (Å²) >= 11 is 0. The van der Waals surface area contributed by atoms with Crippen molar-refractivity contribution in [1.82, 2.24) is 4.90 Å². The van der Waals surface area contributed by atoms with Crippen LogP contribution in [-0.2, 0) is 16.0 Å². The number of amides is 1. The fourth-order valence-electron chi connectivity index (χ4n) is 4.46. The summed E-state index contributed by atoms with van der Waals surface area (Å²) in [4.78, 5) is 28.0. The highest BCUT2D eigenvalue weighted by atomic mass is 16.5. The molecule has 0 radical (unpaired) electrons. The van der Waals surface area contributed by atoms with Crippen LogP contribution in [0.15, 0.2) is 72.3 Å². The number of Topliss-reactive ketones (excluding diaryl/α,β-unsaturated/α-hetero) is 1. The van der Waals surface area contributed by atoms with Gasteiger partial charge in [-0.3, -0.25) is 9.59 Å². The molecule has 192 valence electrons. The van der Waals surface area contributed by atoms with E-state index < -0.39 is 17.7 Å². The molecule has 0 unspecified atom stereocenters. The SMILES string of the molecule is COc1ccc(C(O)=C2C(=O)C(=O)N(CCc3ccc(OC)c(OC)c3)[C@H]2c2cccc(OC)c2)cc1. The van der Waals surface area contributed by atoms with Crippen molar-refractivity contribution in [2.24, 2.45) is 0 Å². The van der Waals surface area contributed by atoms with E-state index in [0.717, 1.165) is 5.56 Å². The van der Waals surface area contributed by atoms with E-state index in [1.54, 1.807) is 77.0 Å². The molecule has 1 aliphatic rings. The maximum absolute atomic E-state index is 13.3. The zero-order chi connectivity index (χ0) is 26.5. The third kappa shape index (κ3) is 5.09. The Morgan fingerprint density at radius 3 is 2.16 bits per heavy atom. The molecule has 1 aliphatic heterocycles. The maximum Gasteiger partial charge on any atom is 0.295 e. The number of aliphatic hydroxyl groups excluding tert-OH is 1. The van der Waals surface area contributed by atoms with Crippen LogP contribution in [-0.4, -0.2) is 56.7 Å². The average molecular weight is 504 g/mol. The van der Waals surface area contributed by atoms with Crippen molar-refractivity contribution in [2.75, 3.05) is 35.0 Å². The van der Waals surface area contributed by atoms with E-state index in [4.69, 9.17) is 18.9 Å². The third-order valence-electron chi connectivity index (χ3n) is 6.40. The molecule has 1 N–H and O–H groups in total. The molecule has 1 heterocycles. The zero-order valence-corrected chi connectivity index (χ0v) is 21.2. The second-order valence-corrected chi connectivity index (χ2v) is 8.44. The van der Waals surface area contributed by atoms with Gasteiger partial charge >= 0.3 is 0 Å². The minimum atomic E-state index is -0.794. The fourth-order valence-corrected chi connectivity index (χ4v) is 4.46. The van der Waals surface area contributed by atoms with Gasteiger partial charge in [0, 0.05) is 12.1 Å². The fraction of sp³-hybridized carbons (Fsp3) is 0.241. The Hall–Kier alpha value is -4.46. The van der Waals surface area contributed by atoms with Crippen molar-refractivity contribution >= 4 is 17.4 Å². The van der Waals surface area contributed by atoms with Crippen molar-refractivity contribution in [1.29, 1.82) is 0 Å². The lowest BCUT2D eigenvalue weighted by atomic mass is 9.95. The summed E-state index contributed by atoms with van der Waals surface area (Å²) in [5, 5.41) is 11.2. The molecule has 0 spiro atoms. The monoisotopic (exact) mass is 503 g/mol. The van der Waals surface area contributed by atoms with Crippen LogP contribution >= 0.6 is 0 Å². The number of hydrogen-bond donors (Lipinski definition) is 1. The molecule has 0 bridgehead atoms. The van der Waals surface area contributed by atoms with E-state index in [1.807, 2.05) is 18.2 Å². The van der Waals surface area contributed by atoms with Crippen LogP contribution in [0.4, 0.5) is 0 Å². The highest BCUT2D eigenvalue weighted by Crippen LogP contribution is 2.40. The van der Waals surface area contributed by atoms with Gasteiger partial charge in [-0.05, 0) is 66.1 Å². The van der Waals surface area contributed by atoms with Gasteiger partial charge in [-0.2, -0.15) is 0 Å². The van der Waals surface area contributed by atoms with Crippen molar-refractivity contribution in [2.45, 2.75) is 12.5 Å². The number of rotatable bonds is 9. The second kappa shape index (κ2) is 11.1. The van der Waals surface area contributed by atoms with Crippen molar-refractivity contribution in [3.8, 4) is 23.0 Å². The van der Waals surface area contributed by atoms with E-state index in [2.05, 4.69) is 0 Å². The average Bonchev–Trinajstić information content (AvgIpc) is 3.20. The Labute approximate surface area is 215 Å². The molecule has 8 nitrogen and oxygen atoms in total. The number of carbonyl (C=O) groups is 2. The summed E-state index contributed by atoms with van der Waals surface area (Å²) in [7, 11) is 6.21. The van der Waals surface area contributed by atoms with Gasteiger partial charge in [0.15, 0.2) is 11.5 Å². The largest absolute Gasteiger partial charge is 0.507 e. The zero-order valence-electron chi connectivity index (χ0n) is 21.2. The molecular formula is C29H29NO7. The summed E-state index contributed by atoms with van der Waals surface area (Å²) in [6.07, 6.45) is 0.455. The number of carbonyl (C=O) groups excluding carboxylic acids is 2. The molecule has 1 amide bonds. The van der Waals surface area contributed by atoms with Crippen molar-refractivity contribution in [3.63, 3.8) is 0 Å². The maximum atomic E-state index is 13.3. The summed E-state index contributed by atoms with van der Waals surface area (Å²) < 4.78 is 21.3. The number of nitrogens with zero attached hydrogens (tertiary/aromatic N) is 1. The Bertz CT molecular complexity index is 1330. The van der Waals surface area contributed by atoms with Crippen LogP contribution in [0, 0.1) is 0 Å². The van der Waals surface area contributed by atoms with Crippen LogP contribution in [0.25, 0.3) is 5.76 Å². The predicted molar refractivity (Wildman–Crippen MR) is 138 cm³/mol. The number of benzene rings is 3. The molecule has 4 rings (SSSR count). The minimum Gasteiger partial charge on any atom is -0.507 e.